The van der Waals surface area contributed by atoms with E-state index in [9.17, 15) is 9.59 Å². The maximum atomic E-state index is 11.6. The number of benzene rings is 1. The average Bonchev–Trinajstić information content (AvgIpc) is 2.97. The summed E-state index contributed by atoms with van der Waals surface area (Å²) in [5.41, 5.74) is 1.66. The van der Waals surface area contributed by atoms with Crippen molar-refractivity contribution < 1.29 is 14.3 Å². The zero-order valence-electron chi connectivity index (χ0n) is 10.3. The molecule has 0 unspecified atom stereocenters. The number of nitrogens with zero attached hydrogens (tertiary/aromatic N) is 2. The first kappa shape index (κ1) is 11.6. The molecule has 0 spiro atoms. The van der Waals surface area contributed by atoms with Crippen molar-refractivity contribution in [3.8, 4) is 0 Å². The number of esters is 1. The summed E-state index contributed by atoms with van der Waals surface area (Å²) >= 11 is 0. The largest absolute Gasteiger partial charge is 0.402 e. The lowest BCUT2D eigenvalue weighted by molar-refractivity contribution is -0.130. The molecule has 0 saturated carbocycles. The Morgan fingerprint density at radius 2 is 1.95 bits per heavy atom. The van der Waals surface area contributed by atoms with Gasteiger partial charge in [-0.3, -0.25) is 4.79 Å². The second-order valence-corrected chi connectivity index (χ2v) is 4.45. The summed E-state index contributed by atoms with van der Waals surface area (Å²) in [4.78, 5) is 28.5. The van der Waals surface area contributed by atoms with Gasteiger partial charge < -0.3 is 9.64 Å². The van der Waals surface area contributed by atoms with Gasteiger partial charge in [0.15, 0.2) is 0 Å². The minimum Gasteiger partial charge on any atom is -0.402 e. The predicted octanol–water partition coefficient (Wildman–Crippen LogP) is 1.63. The number of cyclic esters (lactones) is 1. The number of carbonyl (C=O) groups is 2. The van der Waals surface area contributed by atoms with Gasteiger partial charge in [0.05, 0.1) is 0 Å². The number of anilines is 1. The van der Waals surface area contributed by atoms with E-state index in [1.807, 2.05) is 12.1 Å². The Labute approximate surface area is 110 Å². The molecule has 1 amide bonds. The Bertz CT molecular complexity index is 602. The van der Waals surface area contributed by atoms with E-state index in [0.717, 1.165) is 18.7 Å². The first-order valence-corrected chi connectivity index (χ1v) is 6.06. The summed E-state index contributed by atoms with van der Waals surface area (Å²) in [6.45, 7) is 4.24. The molecule has 0 aliphatic carbocycles. The predicted molar refractivity (Wildman–Crippen MR) is 69.8 cm³/mol. The molecule has 1 aromatic rings. The summed E-state index contributed by atoms with van der Waals surface area (Å²) in [5, 5.41) is 0. The first-order chi connectivity index (χ1) is 9.15. The summed E-state index contributed by atoms with van der Waals surface area (Å²) in [6, 6.07) is 7.23. The average molecular weight is 256 g/mol. The molecule has 0 radical (unpaired) electrons. The SMILES string of the molecule is C=C1N=C(c2ccc(N3CCCC3=O)cc2)OC1=O. The molecule has 5 heteroatoms. The van der Waals surface area contributed by atoms with Crippen molar-refractivity contribution in [3.63, 3.8) is 0 Å². The van der Waals surface area contributed by atoms with E-state index in [1.54, 1.807) is 17.0 Å². The van der Waals surface area contributed by atoms with E-state index in [4.69, 9.17) is 4.74 Å². The Balaban J connectivity index is 1.84. The van der Waals surface area contributed by atoms with Crippen LogP contribution in [0.15, 0.2) is 41.5 Å². The van der Waals surface area contributed by atoms with Crippen LogP contribution in [0.25, 0.3) is 0 Å². The molecular formula is C14H12N2O3. The smallest absolute Gasteiger partial charge is 0.363 e. The molecule has 96 valence electrons. The van der Waals surface area contributed by atoms with Crippen molar-refractivity contribution in [1.82, 2.24) is 0 Å². The van der Waals surface area contributed by atoms with Gasteiger partial charge in [0.2, 0.25) is 11.8 Å². The number of rotatable bonds is 2. The van der Waals surface area contributed by atoms with Crippen LogP contribution in [0, 0.1) is 0 Å². The maximum Gasteiger partial charge on any atom is 0.363 e. The Morgan fingerprint density at radius 3 is 2.47 bits per heavy atom. The fourth-order valence-corrected chi connectivity index (χ4v) is 2.17. The number of aliphatic imine (C=N–C) groups is 1. The van der Waals surface area contributed by atoms with Crippen LogP contribution in [0.2, 0.25) is 0 Å². The standard InChI is InChI=1S/C14H12N2O3/c1-9-14(18)19-13(15-9)10-4-6-11(7-5-10)16-8-2-3-12(16)17/h4-7H,1-3,8H2. The van der Waals surface area contributed by atoms with Crippen molar-refractivity contribution in [1.29, 1.82) is 0 Å². The highest BCUT2D eigenvalue weighted by Crippen LogP contribution is 2.23. The lowest BCUT2D eigenvalue weighted by Crippen LogP contribution is -2.23. The van der Waals surface area contributed by atoms with Crippen molar-refractivity contribution in [3.05, 3.63) is 42.1 Å². The van der Waals surface area contributed by atoms with Crippen LogP contribution < -0.4 is 4.90 Å². The van der Waals surface area contributed by atoms with Crippen LogP contribution in [0.4, 0.5) is 5.69 Å². The maximum absolute atomic E-state index is 11.6. The Morgan fingerprint density at radius 1 is 1.21 bits per heavy atom. The summed E-state index contributed by atoms with van der Waals surface area (Å²) < 4.78 is 4.98. The molecule has 0 aromatic heterocycles. The van der Waals surface area contributed by atoms with Crippen molar-refractivity contribution in [2.75, 3.05) is 11.4 Å². The van der Waals surface area contributed by atoms with Gasteiger partial charge in [-0.1, -0.05) is 6.58 Å². The normalized spacial score (nSPS) is 18.8. The number of carbonyl (C=O) groups excluding carboxylic acids is 2. The molecule has 0 bridgehead atoms. The van der Waals surface area contributed by atoms with Gasteiger partial charge in [0, 0.05) is 24.2 Å². The lowest BCUT2D eigenvalue weighted by Gasteiger charge is -2.15. The zero-order valence-corrected chi connectivity index (χ0v) is 10.3. The van der Waals surface area contributed by atoms with Gasteiger partial charge >= 0.3 is 5.97 Å². The minimum absolute atomic E-state index is 0.105. The van der Waals surface area contributed by atoms with Crippen molar-refractivity contribution in [2.24, 2.45) is 4.99 Å². The van der Waals surface area contributed by atoms with Crippen LogP contribution >= 0.6 is 0 Å². The third kappa shape index (κ3) is 2.03. The fourth-order valence-electron chi connectivity index (χ4n) is 2.17. The molecule has 1 fully saturated rings. The van der Waals surface area contributed by atoms with E-state index in [2.05, 4.69) is 11.6 Å². The summed E-state index contributed by atoms with van der Waals surface area (Å²) in [6.07, 6.45) is 1.50. The molecule has 3 rings (SSSR count). The van der Waals surface area contributed by atoms with Crippen molar-refractivity contribution >= 4 is 23.5 Å². The van der Waals surface area contributed by atoms with Gasteiger partial charge in [-0.2, -0.15) is 0 Å². The molecular weight excluding hydrogens is 244 g/mol. The highest BCUT2D eigenvalue weighted by Gasteiger charge is 2.24. The van der Waals surface area contributed by atoms with Crippen LogP contribution in [0.5, 0.6) is 0 Å². The lowest BCUT2D eigenvalue weighted by atomic mass is 10.2. The van der Waals surface area contributed by atoms with Gasteiger partial charge in [0.1, 0.15) is 5.70 Å². The zero-order chi connectivity index (χ0) is 13.4. The van der Waals surface area contributed by atoms with E-state index in [0.29, 0.717) is 12.0 Å². The highest BCUT2D eigenvalue weighted by molar-refractivity contribution is 6.11. The van der Waals surface area contributed by atoms with Gasteiger partial charge in [-0.25, -0.2) is 9.79 Å². The van der Waals surface area contributed by atoms with Gasteiger partial charge in [0.25, 0.3) is 0 Å². The number of hydrogen-bond acceptors (Lipinski definition) is 4. The fraction of sp³-hybridized carbons (Fsp3) is 0.214. The molecule has 0 N–H and O–H groups in total. The number of ether oxygens (including phenoxy) is 1. The quantitative estimate of drug-likeness (QED) is 0.597. The van der Waals surface area contributed by atoms with Crippen LogP contribution in [-0.4, -0.2) is 24.3 Å². The van der Waals surface area contributed by atoms with E-state index in [-0.39, 0.29) is 17.5 Å². The van der Waals surface area contributed by atoms with Crippen LogP contribution in [-0.2, 0) is 14.3 Å². The summed E-state index contributed by atoms with van der Waals surface area (Å²) in [5.74, 6) is -0.117. The molecule has 19 heavy (non-hydrogen) atoms. The molecule has 2 aliphatic heterocycles. The topological polar surface area (TPSA) is 59.0 Å². The second-order valence-electron chi connectivity index (χ2n) is 4.45. The highest BCUT2D eigenvalue weighted by atomic mass is 16.6. The third-order valence-corrected chi connectivity index (χ3v) is 3.16. The molecule has 1 saturated heterocycles. The van der Waals surface area contributed by atoms with Crippen LogP contribution in [0.3, 0.4) is 0 Å². The van der Waals surface area contributed by atoms with E-state index >= 15 is 0 Å². The Hall–Kier alpha value is -2.43. The second kappa shape index (κ2) is 4.35. The van der Waals surface area contributed by atoms with E-state index in [1.165, 1.54) is 0 Å². The van der Waals surface area contributed by atoms with Gasteiger partial charge in [-0.15, -0.1) is 0 Å². The monoisotopic (exact) mass is 256 g/mol. The number of hydrogen-bond donors (Lipinski definition) is 0. The molecule has 5 nitrogen and oxygen atoms in total. The first-order valence-electron chi connectivity index (χ1n) is 6.06. The van der Waals surface area contributed by atoms with Crippen molar-refractivity contribution in [2.45, 2.75) is 12.8 Å². The van der Waals surface area contributed by atoms with E-state index < -0.39 is 5.97 Å². The Kier molecular flexibility index (Phi) is 2.67. The summed E-state index contributed by atoms with van der Waals surface area (Å²) in [7, 11) is 0. The molecule has 2 heterocycles. The van der Waals surface area contributed by atoms with Gasteiger partial charge in [-0.05, 0) is 30.7 Å². The van der Waals surface area contributed by atoms with Crippen LogP contribution in [0.1, 0.15) is 18.4 Å². The minimum atomic E-state index is -0.520. The number of amides is 1. The third-order valence-electron chi connectivity index (χ3n) is 3.16. The molecule has 1 aromatic carbocycles. The molecule has 2 aliphatic rings. The molecule has 0 atom stereocenters.